The quantitative estimate of drug-likeness (QED) is 0.898. The Kier molecular flexibility index (Phi) is 5.38. The minimum atomic E-state index is -0.449. The third-order valence-electron chi connectivity index (χ3n) is 3.89. The molecule has 1 fully saturated rings. The van der Waals surface area contributed by atoms with Gasteiger partial charge in [0.2, 0.25) is 5.91 Å². The molecule has 1 aromatic rings. The van der Waals surface area contributed by atoms with Gasteiger partial charge in [0.25, 0.3) is 0 Å². The zero-order valence-corrected chi connectivity index (χ0v) is 12.1. The van der Waals surface area contributed by atoms with E-state index in [9.17, 15) is 9.18 Å². The number of carbonyl (C=O) groups is 1. The minimum Gasteiger partial charge on any atom is -0.352 e. The number of halogens is 2. The smallest absolute Gasteiger partial charge is 0.220 e. The average molecular weight is 299 g/mol. The first kappa shape index (κ1) is 15.3. The number of nitrogens with two attached hydrogens (primary N) is 1. The van der Waals surface area contributed by atoms with Crippen LogP contribution in [0.3, 0.4) is 0 Å². The van der Waals surface area contributed by atoms with Crippen LogP contribution in [0.2, 0.25) is 5.02 Å². The molecule has 1 saturated carbocycles. The maximum absolute atomic E-state index is 13.0. The predicted octanol–water partition coefficient (Wildman–Crippen LogP) is 3.00. The zero-order chi connectivity index (χ0) is 14.5. The summed E-state index contributed by atoms with van der Waals surface area (Å²) < 4.78 is 13.0. The molecule has 5 heteroatoms. The Morgan fingerprint density at radius 2 is 2.15 bits per heavy atom. The fourth-order valence-corrected chi connectivity index (χ4v) is 2.85. The lowest BCUT2D eigenvalue weighted by molar-refractivity contribution is -0.122. The van der Waals surface area contributed by atoms with Crippen LogP contribution in [0, 0.1) is 11.7 Å². The molecule has 2 unspecified atom stereocenters. The number of amides is 1. The van der Waals surface area contributed by atoms with E-state index in [4.69, 9.17) is 17.3 Å². The highest BCUT2D eigenvalue weighted by Crippen LogP contribution is 2.25. The third-order valence-corrected chi connectivity index (χ3v) is 4.18. The van der Waals surface area contributed by atoms with Crippen LogP contribution in [0.4, 0.5) is 4.39 Å². The molecule has 0 spiro atoms. The Labute approximate surface area is 123 Å². The molecule has 0 heterocycles. The second-order valence-corrected chi connectivity index (χ2v) is 5.84. The number of benzene rings is 1. The Bertz CT molecular complexity index is 481. The topological polar surface area (TPSA) is 55.1 Å². The van der Waals surface area contributed by atoms with Gasteiger partial charge < -0.3 is 11.1 Å². The Balaban J connectivity index is 1.81. The van der Waals surface area contributed by atoms with Crippen LogP contribution in [-0.2, 0) is 11.3 Å². The van der Waals surface area contributed by atoms with Gasteiger partial charge in [0.15, 0.2) is 0 Å². The maximum atomic E-state index is 13.0. The van der Waals surface area contributed by atoms with Crippen LogP contribution in [-0.4, -0.2) is 11.9 Å². The van der Waals surface area contributed by atoms with E-state index < -0.39 is 5.82 Å². The maximum Gasteiger partial charge on any atom is 0.220 e. The van der Waals surface area contributed by atoms with Crippen molar-refractivity contribution in [1.82, 2.24) is 5.32 Å². The summed E-state index contributed by atoms with van der Waals surface area (Å²) in [5.41, 5.74) is 6.82. The lowest BCUT2D eigenvalue weighted by Gasteiger charge is -2.27. The summed E-state index contributed by atoms with van der Waals surface area (Å²) in [6.45, 7) is 0.362. The van der Waals surface area contributed by atoms with Gasteiger partial charge >= 0.3 is 0 Å². The molecule has 1 aliphatic rings. The molecule has 1 aliphatic carbocycles. The van der Waals surface area contributed by atoms with Crippen LogP contribution in [0.25, 0.3) is 0 Å². The van der Waals surface area contributed by atoms with Crippen LogP contribution >= 0.6 is 11.6 Å². The number of hydrogen-bond acceptors (Lipinski definition) is 2. The predicted molar refractivity (Wildman–Crippen MR) is 77.8 cm³/mol. The Morgan fingerprint density at radius 1 is 1.40 bits per heavy atom. The SMILES string of the molecule is NC1CCCCC1CC(=O)NCc1ccc(F)c(Cl)c1. The van der Waals surface area contributed by atoms with Crippen LogP contribution < -0.4 is 11.1 Å². The van der Waals surface area contributed by atoms with Crippen LogP contribution in [0.5, 0.6) is 0 Å². The minimum absolute atomic E-state index is 0.00667. The number of carbonyl (C=O) groups excluding carboxylic acids is 1. The van der Waals surface area contributed by atoms with Gasteiger partial charge in [-0.25, -0.2) is 4.39 Å². The molecule has 2 atom stereocenters. The van der Waals surface area contributed by atoms with Crippen molar-refractivity contribution in [2.75, 3.05) is 0 Å². The molecule has 1 amide bonds. The second-order valence-electron chi connectivity index (χ2n) is 5.44. The molecule has 0 aliphatic heterocycles. The summed E-state index contributed by atoms with van der Waals surface area (Å²) in [6, 6.07) is 4.59. The molecular formula is C15H20ClFN2O. The van der Waals surface area contributed by atoms with Gasteiger partial charge in [0, 0.05) is 19.0 Å². The lowest BCUT2D eigenvalue weighted by atomic mass is 9.83. The third kappa shape index (κ3) is 4.18. The molecule has 3 N–H and O–H groups in total. The van der Waals surface area contributed by atoms with Crippen molar-refractivity contribution in [3.63, 3.8) is 0 Å². The summed E-state index contributed by atoms with van der Waals surface area (Å²) in [5.74, 6) is -0.178. The number of rotatable bonds is 4. The van der Waals surface area contributed by atoms with E-state index in [1.54, 1.807) is 6.07 Å². The first-order valence-electron chi connectivity index (χ1n) is 7.02. The van der Waals surface area contributed by atoms with Gasteiger partial charge in [-0.2, -0.15) is 0 Å². The molecule has 0 bridgehead atoms. The van der Waals surface area contributed by atoms with Gasteiger partial charge in [-0.1, -0.05) is 30.5 Å². The molecule has 3 nitrogen and oxygen atoms in total. The summed E-state index contributed by atoms with van der Waals surface area (Å²) >= 11 is 5.70. The van der Waals surface area contributed by atoms with Crippen molar-refractivity contribution in [2.45, 2.75) is 44.7 Å². The van der Waals surface area contributed by atoms with Crippen molar-refractivity contribution in [3.8, 4) is 0 Å². The molecule has 0 radical (unpaired) electrons. The van der Waals surface area contributed by atoms with Crippen molar-refractivity contribution >= 4 is 17.5 Å². The molecule has 0 aromatic heterocycles. The molecule has 110 valence electrons. The summed E-state index contributed by atoms with van der Waals surface area (Å²) in [6.07, 6.45) is 4.81. The molecule has 2 rings (SSSR count). The second kappa shape index (κ2) is 7.04. The monoisotopic (exact) mass is 298 g/mol. The molecule has 0 saturated heterocycles. The normalized spacial score (nSPS) is 22.6. The van der Waals surface area contributed by atoms with Crippen molar-refractivity contribution < 1.29 is 9.18 Å². The van der Waals surface area contributed by atoms with Gasteiger partial charge in [0.05, 0.1) is 5.02 Å². The van der Waals surface area contributed by atoms with Crippen molar-refractivity contribution in [2.24, 2.45) is 11.7 Å². The largest absolute Gasteiger partial charge is 0.352 e. The summed E-state index contributed by atoms with van der Waals surface area (Å²) in [5, 5.41) is 2.91. The highest BCUT2D eigenvalue weighted by atomic mass is 35.5. The first-order chi connectivity index (χ1) is 9.56. The van der Waals surface area contributed by atoms with E-state index in [2.05, 4.69) is 5.32 Å². The van der Waals surface area contributed by atoms with E-state index in [-0.39, 0.29) is 22.9 Å². The fourth-order valence-electron chi connectivity index (χ4n) is 2.65. The van der Waals surface area contributed by atoms with E-state index in [1.165, 1.54) is 12.1 Å². The Hall–Kier alpha value is -1.13. The Morgan fingerprint density at radius 3 is 2.85 bits per heavy atom. The van der Waals surface area contributed by atoms with E-state index in [0.29, 0.717) is 13.0 Å². The molecular weight excluding hydrogens is 279 g/mol. The van der Waals surface area contributed by atoms with Crippen LogP contribution in [0.15, 0.2) is 18.2 Å². The zero-order valence-electron chi connectivity index (χ0n) is 11.4. The van der Waals surface area contributed by atoms with Gasteiger partial charge in [-0.15, -0.1) is 0 Å². The van der Waals surface area contributed by atoms with Gasteiger partial charge in [0.1, 0.15) is 5.82 Å². The van der Waals surface area contributed by atoms with Gasteiger partial charge in [-0.3, -0.25) is 4.79 Å². The number of nitrogens with one attached hydrogen (secondary N) is 1. The summed E-state index contributed by atoms with van der Waals surface area (Å²) in [7, 11) is 0. The average Bonchev–Trinajstić information content (AvgIpc) is 2.43. The van der Waals surface area contributed by atoms with Crippen molar-refractivity contribution in [1.29, 1.82) is 0 Å². The van der Waals surface area contributed by atoms with E-state index >= 15 is 0 Å². The van der Waals surface area contributed by atoms with Crippen LogP contribution in [0.1, 0.15) is 37.7 Å². The highest BCUT2D eigenvalue weighted by molar-refractivity contribution is 6.30. The summed E-state index contributed by atoms with van der Waals surface area (Å²) in [4.78, 5) is 11.9. The van der Waals surface area contributed by atoms with E-state index in [0.717, 1.165) is 31.2 Å². The van der Waals surface area contributed by atoms with Crippen molar-refractivity contribution in [3.05, 3.63) is 34.6 Å². The molecule has 1 aromatic carbocycles. The number of hydrogen-bond donors (Lipinski definition) is 2. The first-order valence-corrected chi connectivity index (χ1v) is 7.40. The molecule has 20 heavy (non-hydrogen) atoms. The van der Waals surface area contributed by atoms with E-state index in [1.807, 2.05) is 0 Å². The highest BCUT2D eigenvalue weighted by Gasteiger charge is 2.23. The standard InChI is InChI=1S/C15H20ClFN2O/c16-12-7-10(5-6-13(12)17)9-19-15(20)8-11-3-1-2-4-14(11)18/h5-7,11,14H,1-4,8-9,18H2,(H,19,20). The van der Waals surface area contributed by atoms with Gasteiger partial charge in [-0.05, 0) is 36.5 Å². The lowest BCUT2D eigenvalue weighted by Crippen LogP contribution is -2.36. The fraction of sp³-hybridized carbons (Fsp3) is 0.533.